The summed E-state index contributed by atoms with van der Waals surface area (Å²) < 4.78 is 0. The molecule has 0 unspecified atom stereocenters. The summed E-state index contributed by atoms with van der Waals surface area (Å²) in [6.45, 7) is -0.398. The van der Waals surface area contributed by atoms with Crippen LogP contribution in [-0.4, -0.2) is 10.2 Å². The highest BCUT2D eigenvalue weighted by atomic mass is 35.5. The van der Waals surface area contributed by atoms with Crippen molar-refractivity contribution in [2.45, 2.75) is 6.61 Å². The molecule has 0 fully saturated rings. The largest absolute Gasteiger partial charge is 0.506 e. The van der Waals surface area contributed by atoms with Gasteiger partial charge in [0.1, 0.15) is 5.75 Å². The van der Waals surface area contributed by atoms with Crippen LogP contribution >= 0.6 is 34.8 Å². The molecule has 0 heterocycles. The average Bonchev–Trinajstić information content (AvgIpc) is 2.02. The number of hydrogen-bond donors (Lipinski definition) is 2. The molecule has 0 aliphatic heterocycles. The highest BCUT2D eigenvalue weighted by molar-refractivity contribution is 6.44. The number of rotatable bonds is 1. The van der Waals surface area contributed by atoms with Gasteiger partial charge in [-0.1, -0.05) is 34.8 Å². The van der Waals surface area contributed by atoms with E-state index < -0.39 is 6.61 Å². The SMILES string of the molecule is OCc1c(O)c(Cl)cc(Cl)c1Cl. The molecule has 66 valence electrons. The first kappa shape index (κ1) is 9.93. The summed E-state index contributed by atoms with van der Waals surface area (Å²) in [5, 5.41) is 18.5. The van der Waals surface area contributed by atoms with Gasteiger partial charge in [-0.3, -0.25) is 0 Å². The fourth-order valence-corrected chi connectivity index (χ4v) is 1.49. The van der Waals surface area contributed by atoms with Crippen LogP contribution in [0.25, 0.3) is 0 Å². The Balaban J connectivity index is 3.42. The Morgan fingerprint density at radius 2 is 1.75 bits per heavy atom. The third-order valence-corrected chi connectivity index (χ3v) is 2.51. The highest BCUT2D eigenvalue weighted by Crippen LogP contribution is 2.38. The van der Waals surface area contributed by atoms with E-state index in [0.29, 0.717) is 0 Å². The summed E-state index contributed by atoms with van der Waals surface area (Å²) in [6.07, 6.45) is 0. The Morgan fingerprint density at radius 1 is 1.17 bits per heavy atom. The van der Waals surface area contributed by atoms with Crippen molar-refractivity contribution in [1.82, 2.24) is 0 Å². The predicted molar refractivity (Wildman–Crippen MR) is 49.1 cm³/mol. The van der Waals surface area contributed by atoms with E-state index >= 15 is 0 Å². The lowest BCUT2D eigenvalue weighted by Crippen LogP contribution is -1.87. The zero-order chi connectivity index (χ0) is 9.30. The fraction of sp³-hybridized carbons (Fsp3) is 0.143. The van der Waals surface area contributed by atoms with Gasteiger partial charge >= 0.3 is 0 Å². The maximum atomic E-state index is 9.27. The summed E-state index contributed by atoms with van der Waals surface area (Å²) in [4.78, 5) is 0. The van der Waals surface area contributed by atoms with Gasteiger partial charge in [0, 0.05) is 5.56 Å². The van der Waals surface area contributed by atoms with Crippen molar-refractivity contribution in [2.75, 3.05) is 0 Å². The quantitative estimate of drug-likeness (QED) is 0.724. The van der Waals surface area contributed by atoms with E-state index in [2.05, 4.69) is 0 Å². The Bertz CT molecular complexity index is 286. The van der Waals surface area contributed by atoms with Crippen molar-refractivity contribution in [3.05, 3.63) is 26.7 Å². The second-order valence-electron chi connectivity index (χ2n) is 2.14. The summed E-state index contributed by atoms with van der Waals surface area (Å²) >= 11 is 16.9. The van der Waals surface area contributed by atoms with Crippen LogP contribution < -0.4 is 0 Å². The summed E-state index contributed by atoms with van der Waals surface area (Å²) in [6, 6.07) is 1.32. The zero-order valence-corrected chi connectivity index (χ0v) is 8.08. The molecule has 0 saturated heterocycles. The number of halogens is 3. The topological polar surface area (TPSA) is 40.5 Å². The minimum atomic E-state index is -0.398. The monoisotopic (exact) mass is 226 g/mol. The van der Waals surface area contributed by atoms with Crippen LogP contribution in [0.2, 0.25) is 15.1 Å². The van der Waals surface area contributed by atoms with Gasteiger partial charge in [-0.05, 0) is 6.07 Å². The second kappa shape index (κ2) is 3.71. The van der Waals surface area contributed by atoms with Gasteiger partial charge in [0.2, 0.25) is 0 Å². The number of aliphatic hydroxyl groups is 1. The van der Waals surface area contributed by atoms with E-state index in [1.54, 1.807) is 0 Å². The number of aliphatic hydroxyl groups excluding tert-OH is 1. The van der Waals surface area contributed by atoms with Gasteiger partial charge in [0.15, 0.2) is 0 Å². The van der Waals surface area contributed by atoms with Gasteiger partial charge in [-0.15, -0.1) is 0 Å². The van der Waals surface area contributed by atoms with Crippen LogP contribution in [-0.2, 0) is 6.61 Å². The number of benzene rings is 1. The van der Waals surface area contributed by atoms with Crippen molar-refractivity contribution < 1.29 is 10.2 Å². The number of aromatic hydroxyl groups is 1. The van der Waals surface area contributed by atoms with E-state index in [1.165, 1.54) is 6.07 Å². The Kier molecular flexibility index (Phi) is 3.07. The number of hydrogen-bond acceptors (Lipinski definition) is 2. The van der Waals surface area contributed by atoms with Gasteiger partial charge in [-0.2, -0.15) is 0 Å². The van der Waals surface area contributed by atoms with Crippen molar-refractivity contribution in [2.24, 2.45) is 0 Å². The first-order valence-corrected chi connectivity index (χ1v) is 4.17. The maximum Gasteiger partial charge on any atom is 0.141 e. The van der Waals surface area contributed by atoms with Gasteiger partial charge in [0.25, 0.3) is 0 Å². The van der Waals surface area contributed by atoms with Crippen LogP contribution in [0.5, 0.6) is 5.75 Å². The Morgan fingerprint density at radius 3 is 2.25 bits per heavy atom. The highest BCUT2D eigenvalue weighted by Gasteiger charge is 2.13. The lowest BCUT2D eigenvalue weighted by molar-refractivity contribution is 0.275. The van der Waals surface area contributed by atoms with Crippen LogP contribution in [0.15, 0.2) is 6.07 Å². The van der Waals surface area contributed by atoms with E-state index in [9.17, 15) is 5.11 Å². The van der Waals surface area contributed by atoms with E-state index in [0.717, 1.165) is 0 Å². The minimum Gasteiger partial charge on any atom is -0.506 e. The molecule has 0 atom stereocenters. The zero-order valence-electron chi connectivity index (χ0n) is 5.81. The molecule has 1 aromatic carbocycles. The molecule has 2 nitrogen and oxygen atoms in total. The molecule has 1 aromatic rings. The van der Waals surface area contributed by atoms with Crippen LogP contribution in [0.3, 0.4) is 0 Å². The lowest BCUT2D eigenvalue weighted by atomic mass is 10.2. The average molecular weight is 227 g/mol. The van der Waals surface area contributed by atoms with Crippen molar-refractivity contribution in [3.8, 4) is 5.75 Å². The minimum absolute atomic E-state index is 0.0773. The molecule has 2 N–H and O–H groups in total. The molecule has 0 bridgehead atoms. The molecule has 0 radical (unpaired) electrons. The van der Waals surface area contributed by atoms with Gasteiger partial charge in [-0.25, -0.2) is 0 Å². The molecule has 0 saturated carbocycles. The van der Waals surface area contributed by atoms with Gasteiger partial charge < -0.3 is 10.2 Å². The molecule has 0 spiro atoms. The number of phenols is 1. The molecule has 1 rings (SSSR count). The van der Waals surface area contributed by atoms with Crippen LogP contribution in [0.4, 0.5) is 0 Å². The lowest BCUT2D eigenvalue weighted by Gasteiger charge is -2.06. The predicted octanol–water partition coefficient (Wildman–Crippen LogP) is 2.84. The molecule has 5 heteroatoms. The van der Waals surface area contributed by atoms with Crippen molar-refractivity contribution in [3.63, 3.8) is 0 Å². The molecular weight excluding hydrogens is 222 g/mol. The second-order valence-corrected chi connectivity index (χ2v) is 3.33. The van der Waals surface area contributed by atoms with Crippen molar-refractivity contribution >= 4 is 34.8 Å². The normalized spacial score (nSPS) is 10.3. The van der Waals surface area contributed by atoms with E-state index in [-0.39, 0.29) is 26.4 Å². The molecule has 0 aromatic heterocycles. The first-order chi connectivity index (χ1) is 5.57. The third kappa shape index (κ3) is 1.62. The molecule has 0 aliphatic rings. The molecular formula is C7H5Cl3O2. The summed E-state index contributed by atoms with van der Waals surface area (Å²) in [5.74, 6) is -0.228. The van der Waals surface area contributed by atoms with Crippen LogP contribution in [0.1, 0.15) is 5.56 Å². The van der Waals surface area contributed by atoms with E-state index in [1.807, 2.05) is 0 Å². The molecule has 0 amide bonds. The summed E-state index contributed by atoms with van der Waals surface area (Å²) in [5.41, 5.74) is 0.147. The first-order valence-electron chi connectivity index (χ1n) is 3.04. The van der Waals surface area contributed by atoms with Gasteiger partial charge in [0.05, 0.1) is 21.7 Å². The van der Waals surface area contributed by atoms with Crippen LogP contribution in [0, 0.1) is 0 Å². The maximum absolute atomic E-state index is 9.27. The third-order valence-electron chi connectivity index (χ3n) is 1.40. The fourth-order valence-electron chi connectivity index (χ4n) is 0.780. The van der Waals surface area contributed by atoms with Crippen molar-refractivity contribution in [1.29, 1.82) is 0 Å². The Labute approximate surface area is 84.3 Å². The summed E-state index contributed by atoms with van der Waals surface area (Å²) in [7, 11) is 0. The molecule has 0 aliphatic carbocycles. The van der Waals surface area contributed by atoms with E-state index in [4.69, 9.17) is 39.9 Å². The standard InChI is InChI=1S/C7H5Cl3O2/c8-4-1-5(9)7(12)3(2-11)6(4)10/h1,11-12H,2H2. The smallest absolute Gasteiger partial charge is 0.141 e. The Hall–Kier alpha value is -0.150. The molecule has 12 heavy (non-hydrogen) atoms.